The molecule has 0 heterocycles. The number of halogens is 1. The summed E-state index contributed by atoms with van der Waals surface area (Å²) in [7, 11) is 2.00. The van der Waals surface area contributed by atoms with Crippen LogP contribution in [0.5, 0.6) is 0 Å². The highest BCUT2D eigenvalue weighted by Crippen LogP contribution is 2.25. The summed E-state index contributed by atoms with van der Waals surface area (Å²) in [6.45, 7) is 4.26. The standard InChI is InChI=1S/C17H20ClN/c1-12-5-4-6-14(9-12)10-17(19-3)16-11-15(18)8-7-13(16)2/h4-9,11,17,19H,10H2,1-3H3. The van der Waals surface area contributed by atoms with Crippen LogP contribution in [0, 0.1) is 13.8 Å². The van der Waals surface area contributed by atoms with E-state index in [-0.39, 0.29) is 0 Å². The van der Waals surface area contributed by atoms with Gasteiger partial charge in [-0.05, 0) is 56.1 Å². The molecule has 0 aliphatic heterocycles. The first-order valence-corrected chi connectivity index (χ1v) is 6.97. The molecule has 2 rings (SSSR count). The molecule has 0 spiro atoms. The third-order valence-electron chi connectivity index (χ3n) is 3.49. The van der Waals surface area contributed by atoms with Crippen LogP contribution in [0.3, 0.4) is 0 Å². The summed E-state index contributed by atoms with van der Waals surface area (Å²) < 4.78 is 0. The Kier molecular flexibility index (Phi) is 4.62. The lowest BCUT2D eigenvalue weighted by atomic mass is 9.95. The summed E-state index contributed by atoms with van der Waals surface area (Å²) in [4.78, 5) is 0. The van der Waals surface area contributed by atoms with E-state index in [4.69, 9.17) is 11.6 Å². The Morgan fingerprint density at radius 2 is 1.89 bits per heavy atom. The Labute approximate surface area is 120 Å². The molecule has 0 aromatic heterocycles. The molecule has 0 aliphatic rings. The molecule has 1 nitrogen and oxygen atoms in total. The quantitative estimate of drug-likeness (QED) is 0.867. The van der Waals surface area contributed by atoms with Crippen molar-refractivity contribution in [2.24, 2.45) is 0 Å². The van der Waals surface area contributed by atoms with Crippen molar-refractivity contribution in [3.05, 3.63) is 69.7 Å². The highest BCUT2D eigenvalue weighted by Gasteiger charge is 2.13. The molecule has 0 fully saturated rings. The van der Waals surface area contributed by atoms with Gasteiger partial charge < -0.3 is 5.32 Å². The van der Waals surface area contributed by atoms with Crippen LogP contribution in [0.4, 0.5) is 0 Å². The zero-order chi connectivity index (χ0) is 13.8. The van der Waals surface area contributed by atoms with Gasteiger partial charge in [0.05, 0.1) is 0 Å². The number of aryl methyl sites for hydroxylation is 2. The minimum absolute atomic E-state index is 0.292. The van der Waals surface area contributed by atoms with Crippen LogP contribution in [0.25, 0.3) is 0 Å². The predicted molar refractivity (Wildman–Crippen MR) is 82.9 cm³/mol. The second kappa shape index (κ2) is 6.23. The highest BCUT2D eigenvalue weighted by atomic mass is 35.5. The van der Waals surface area contributed by atoms with E-state index in [0.717, 1.165) is 11.4 Å². The summed E-state index contributed by atoms with van der Waals surface area (Å²) >= 11 is 6.12. The van der Waals surface area contributed by atoms with Gasteiger partial charge in [-0.3, -0.25) is 0 Å². The maximum Gasteiger partial charge on any atom is 0.0409 e. The molecule has 0 radical (unpaired) electrons. The lowest BCUT2D eigenvalue weighted by Crippen LogP contribution is -2.19. The molecule has 0 saturated heterocycles. The highest BCUT2D eigenvalue weighted by molar-refractivity contribution is 6.30. The molecule has 1 unspecified atom stereocenters. The number of benzene rings is 2. The molecule has 100 valence electrons. The van der Waals surface area contributed by atoms with Gasteiger partial charge in [-0.25, -0.2) is 0 Å². The van der Waals surface area contributed by atoms with E-state index in [9.17, 15) is 0 Å². The smallest absolute Gasteiger partial charge is 0.0409 e. The summed E-state index contributed by atoms with van der Waals surface area (Å²) in [5.41, 5.74) is 5.20. The van der Waals surface area contributed by atoms with E-state index in [1.165, 1.54) is 22.3 Å². The first-order chi connectivity index (χ1) is 9.10. The van der Waals surface area contributed by atoms with Gasteiger partial charge in [0.25, 0.3) is 0 Å². The van der Waals surface area contributed by atoms with Crippen molar-refractivity contribution in [3.63, 3.8) is 0 Å². The van der Waals surface area contributed by atoms with Crippen molar-refractivity contribution in [1.82, 2.24) is 5.32 Å². The van der Waals surface area contributed by atoms with Crippen LogP contribution in [-0.4, -0.2) is 7.05 Å². The summed E-state index contributed by atoms with van der Waals surface area (Å²) in [6, 6.07) is 15.0. The molecule has 0 amide bonds. The number of rotatable bonds is 4. The van der Waals surface area contributed by atoms with Gasteiger partial charge in [0.2, 0.25) is 0 Å². The molecular weight excluding hydrogens is 254 g/mol. The van der Waals surface area contributed by atoms with Gasteiger partial charge in [0, 0.05) is 11.1 Å². The lowest BCUT2D eigenvalue weighted by molar-refractivity contribution is 0.589. The van der Waals surface area contributed by atoms with Gasteiger partial charge >= 0.3 is 0 Å². The van der Waals surface area contributed by atoms with E-state index in [1.54, 1.807) is 0 Å². The molecule has 0 aliphatic carbocycles. The van der Waals surface area contributed by atoms with Crippen LogP contribution in [-0.2, 0) is 6.42 Å². The average Bonchev–Trinajstić information content (AvgIpc) is 2.39. The molecule has 2 heteroatoms. The Balaban J connectivity index is 2.27. The Morgan fingerprint density at radius 3 is 2.58 bits per heavy atom. The van der Waals surface area contributed by atoms with Gasteiger partial charge in [-0.15, -0.1) is 0 Å². The fourth-order valence-electron chi connectivity index (χ4n) is 2.43. The third-order valence-corrected chi connectivity index (χ3v) is 3.72. The van der Waals surface area contributed by atoms with Crippen LogP contribution >= 0.6 is 11.6 Å². The number of likely N-dealkylation sites (N-methyl/N-ethyl adjacent to an activating group) is 1. The van der Waals surface area contributed by atoms with E-state index >= 15 is 0 Å². The molecule has 2 aromatic carbocycles. The fraction of sp³-hybridized carbons (Fsp3) is 0.294. The van der Waals surface area contributed by atoms with Crippen molar-refractivity contribution in [1.29, 1.82) is 0 Å². The molecule has 0 bridgehead atoms. The van der Waals surface area contributed by atoms with Gasteiger partial charge in [0.1, 0.15) is 0 Å². The third kappa shape index (κ3) is 3.59. The lowest BCUT2D eigenvalue weighted by Gasteiger charge is -2.19. The zero-order valence-electron chi connectivity index (χ0n) is 11.7. The Bertz CT molecular complexity index is 563. The van der Waals surface area contributed by atoms with E-state index < -0.39 is 0 Å². The maximum absolute atomic E-state index is 6.12. The number of hydrogen-bond donors (Lipinski definition) is 1. The summed E-state index contributed by atoms with van der Waals surface area (Å²) in [5, 5.41) is 4.19. The fourth-order valence-corrected chi connectivity index (χ4v) is 2.61. The Hall–Kier alpha value is -1.31. The van der Waals surface area contributed by atoms with Crippen molar-refractivity contribution in [3.8, 4) is 0 Å². The second-order valence-electron chi connectivity index (χ2n) is 5.04. The van der Waals surface area contributed by atoms with Gasteiger partial charge in [-0.1, -0.05) is 47.5 Å². The summed E-state index contributed by atoms with van der Waals surface area (Å²) in [5.74, 6) is 0. The van der Waals surface area contributed by atoms with Gasteiger partial charge in [-0.2, -0.15) is 0 Å². The molecule has 1 atom stereocenters. The van der Waals surface area contributed by atoms with E-state index in [0.29, 0.717) is 6.04 Å². The van der Waals surface area contributed by atoms with Crippen LogP contribution in [0.1, 0.15) is 28.3 Å². The number of nitrogens with one attached hydrogen (secondary N) is 1. The molecule has 1 N–H and O–H groups in total. The average molecular weight is 274 g/mol. The minimum atomic E-state index is 0.292. The first kappa shape index (κ1) is 14.1. The van der Waals surface area contributed by atoms with E-state index in [2.05, 4.69) is 55.6 Å². The van der Waals surface area contributed by atoms with Gasteiger partial charge in [0.15, 0.2) is 0 Å². The molecular formula is C17H20ClN. The topological polar surface area (TPSA) is 12.0 Å². The first-order valence-electron chi connectivity index (χ1n) is 6.59. The molecule has 19 heavy (non-hydrogen) atoms. The second-order valence-corrected chi connectivity index (χ2v) is 5.47. The molecule has 2 aromatic rings. The van der Waals surface area contributed by atoms with Crippen molar-refractivity contribution in [2.45, 2.75) is 26.3 Å². The summed E-state index contributed by atoms with van der Waals surface area (Å²) in [6.07, 6.45) is 0.972. The maximum atomic E-state index is 6.12. The van der Waals surface area contributed by atoms with Crippen molar-refractivity contribution >= 4 is 11.6 Å². The van der Waals surface area contributed by atoms with E-state index in [1.807, 2.05) is 13.1 Å². The minimum Gasteiger partial charge on any atom is -0.313 e. The Morgan fingerprint density at radius 1 is 1.11 bits per heavy atom. The monoisotopic (exact) mass is 273 g/mol. The zero-order valence-corrected chi connectivity index (χ0v) is 12.5. The van der Waals surface area contributed by atoms with Crippen molar-refractivity contribution < 1.29 is 0 Å². The number of hydrogen-bond acceptors (Lipinski definition) is 1. The SMILES string of the molecule is CNC(Cc1cccc(C)c1)c1cc(Cl)ccc1C. The largest absolute Gasteiger partial charge is 0.313 e. The van der Waals surface area contributed by atoms with Crippen LogP contribution in [0.2, 0.25) is 5.02 Å². The van der Waals surface area contributed by atoms with Crippen LogP contribution < -0.4 is 5.32 Å². The molecule has 0 saturated carbocycles. The van der Waals surface area contributed by atoms with Crippen LogP contribution in [0.15, 0.2) is 42.5 Å². The normalized spacial score (nSPS) is 12.4. The predicted octanol–water partition coefficient (Wildman–Crippen LogP) is 4.46. The van der Waals surface area contributed by atoms with Crippen molar-refractivity contribution in [2.75, 3.05) is 7.05 Å².